The maximum absolute atomic E-state index is 13.7. The number of aryl methyl sites for hydroxylation is 1. The number of pyridine rings is 1. The second-order valence-corrected chi connectivity index (χ2v) is 12.8. The van der Waals surface area contributed by atoms with Crippen LogP contribution >= 0.6 is 0 Å². The van der Waals surface area contributed by atoms with Crippen molar-refractivity contribution in [1.82, 2.24) is 4.40 Å². The highest BCUT2D eigenvalue weighted by Crippen LogP contribution is 2.40. The van der Waals surface area contributed by atoms with Gasteiger partial charge in [-0.25, -0.2) is 0 Å². The third-order valence-electron chi connectivity index (χ3n) is 9.44. The fraction of sp³-hybridized carbons (Fsp3) is 0.146. The molecule has 0 saturated heterocycles. The van der Waals surface area contributed by atoms with Crippen LogP contribution in [-0.2, 0) is 0 Å². The van der Waals surface area contributed by atoms with E-state index in [0.717, 1.165) is 55.5 Å². The molecule has 0 radical (unpaired) electrons. The highest BCUT2D eigenvalue weighted by molar-refractivity contribution is 6.22. The summed E-state index contributed by atoms with van der Waals surface area (Å²) in [6, 6.07) is 36.4. The molecule has 2 heterocycles. The van der Waals surface area contributed by atoms with Gasteiger partial charge < -0.3 is 0 Å². The van der Waals surface area contributed by atoms with E-state index in [1.807, 2.05) is 54.7 Å². The third kappa shape index (κ3) is 5.92. The normalized spacial score (nSPS) is 11.2. The van der Waals surface area contributed by atoms with Gasteiger partial charge in [-0.3, -0.25) is 9.20 Å². The molecule has 2 aromatic heterocycles. The summed E-state index contributed by atoms with van der Waals surface area (Å²) in [5.74, 6) is 0. The summed E-state index contributed by atoms with van der Waals surface area (Å²) < 4.78 is 1.91. The molecule has 8 aromatic rings. The van der Waals surface area contributed by atoms with Crippen molar-refractivity contribution in [3.8, 4) is 11.1 Å². The molecule has 8 rings (SSSR count). The van der Waals surface area contributed by atoms with Crippen molar-refractivity contribution in [1.29, 1.82) is 0 Å². The van der Waals surface area contributed by atoms with E-state index in [0.29, 0.717) is 0 Å². The smallest absolute Gasteiger partial charge is 0.263 e. The minimum atomic E-state index is 0.0430. The van der Waals surface area contributed by atoms with Crippen molar-refractivity contribution in [3.63, 3.8) is 0 Å². The molecule has 0 amide bonds. The lowest BCUT2D eigenvalue weighted by Crippen LogP contribution is -2.12. The Morgan fingerprint density at radius 3 is 1.86 bits per heavy atom. The molecule has 6 aromatic carbocycles. The lowest BCUT2D eigenvalue weighted by Gasteiger charge is -2.15. The van der Waals surface area contributed by atoms with Crippen LogP contribution in [0.25, 0.3) is 76.7 Å². The van der Waals surface area contributed by atoms with Crippen LogP contribution in [0.5, 0.6) is 0 Å². The van der Waals surface area contributed by atoms with Gasteiger partial charge >= 0.3 is 0 Å². The number of benzene rings is 6. The SMILES string of the molecule is C=C/C=C\C(=C)CC.CC.CC(C)=Cc1c(C)c2ccccc2c2ccc(-c3cc4c5ccccc5c(=O)n5c6ccccc6c(c3)c45)cc12. The minimum Gasteiger partial charge on any atom is -0.275 e. The molecule has 0 spiro atoms. The number of para-hydroxylation sites is 1. The van der Waals surface area contributed by atoms with Crippen LogP contribution in [0.4, 0.5) is 0 Å². The van der Waals surface area contributed by atoms with E-state index in [4.69, 9.17) is 0 Å². The monoisotopic (exact) mass is 651 g/mol. The van der Waals surface area contributed by atoms with E-state index in [-0.39, 0.29) is 5.56 Å². The Balaban J connectivity index is 0.000000384. The van der Waals surface area contributed by atoms with Gasteiger partial charge in [0.05, 0.1) is 11.0 Å². The Bertz CT molecular complexity index is 2680. The van der Waals surface area contributed by atoms with E-state index in [1.165, 1.54) is 43.8 Å². The highest BCUT2D eigenvalue weighted by atomic mass is 16.1. The molecule has 0 atom stereocenters. The van der Waals surface area contributed by atoms with Crippen LogP contribution in [0.2, 0.25) is 0 Å². The fourth-order valence-corrected chi connectivity index (χ4v) is 7.08. The van der Waals surface area contributed by atoms with E-state index in [1.54, 1.807) is 6.08 Å². The van der Waals surface area contributed by atoms with Crippen molar-refractivity contribution < 1.29 is 0 Å². The number of allylic oxidation sites excluding steroid dienone is 5. The van der Waals surface area contributed by atoms with Crippen molar-refractivity contribution in [2.24, 2.45) is 0 Å². The van der Waals surface area contributed by atoms with Gasteiger partial charge in [-0.05, 0) is 107 Å². The summed E-state index contributed by atoms with van der Waals surface area (Å²) in [5, 5.41) is 10.2. The van der Waals surface area contributed by atoms with Crippen molar-refractivity contribution >= 4 is 65.6 Å². The fourth-order valence-electron chi connectivity index (χ4n) is 7.08. The number of rotatable bonds is 5. The van der Waals surface area contributed by atoms with E-state index in [9.17, 15) is 4.79 Å². The summed E-state index contributed by atoms with van der Waals surface area (Å²) >= 11 is 0. The predicted molar refractivity (Wildman–Crippen MR) is 222 cm³/mol. The van der Waals surface area contributed by atoms with Crippen molar-refractivity contribution in [3.05, 3.63) is 167 Å². The van der Waals surface area contributed by atoms with Crippen LogP contribution in [0, 0.1) is 6.92 Å². The summed E-state index contributed by atoms with van der Waals surface area (Å²) in [7, 11) is 0. The first kappa shape index (κ1) is 34.1. The molecule has 0 saturated carbocycles. The van der Waals surface area contributed by atoms with Gasteiger partial charge in [-0.1, -0.05) is 142 Å². The average molecular weight is 652 g/mol. The van der Waals surface area contributed by atoms with Gasteiger partial charge in [0.2, 0.25) is 0 Å². The van der Waals surface area contributed by atoms with Crippen LogP contribution in [0.3, 0.4) is 0 Å². The molecule has 248 valence electrons. The molecule has 50 heavy (non-hydrogen) atoms. The molecule has 0 aliphatic carbocycles. The number of nitrogens with zero attached hydrogens (tertiary/aromatic N) is 1. The van der Waals surface area contributed by atoms with Gasteiger partial charge in [-0.15, -0.1) is 0 Å². The maximum Gasteiger partial charge on any atom is 0.263 e. The first-order chi connectivity index (χ1) is 24.3. The van der Waals surface area contributed by atoms with Gasteiger partial charge in [0.1, 0.15) is 0 Å². The number of aromatic nitrogens is 1. The molecule has 0 N–H and O–H groups in total. The first-order valence-electron chi connectivity index (χ1n) is 17.6. The molecule has 2 heteroatoms. The van der Waals surface area contributed by atoms with Gasteiger partial charge in [0, 0.05) is 21.5 Å². The average Bonchev–Trinajstić information content (AvgIpc) is 3.50. The lowest BCUT2D eigenvalue weighted by atomic mass is 9.89. The molecule has 0 aliphatic heterocycles. The Kier molecular flexibility index (Phi) is 9.83. The number of hydrogen-bond donors (Lipinski definition) is 0. The second kappa shape index (κ2) is 14.4. The zero-order valence-corrected chi connectivity index (χ0v) is 30.1. The largest absolute Gasteiger partial charge is 0.275 e. The third-order valence-corrected chi connectivity index (χ3v) is 9.44. The molecular weight excluding hydrogens is 607 g/mol. The summed E-state index contributed by atoms with van der Waals surface area (Å²) in [6.45, 7) is 20.0. The Morgan fingerprint density at radius 1 is 0.680 bits per heavy atom. The maximum atomic E-state index is 13.7. The van der Waals surface area contributed by atoms with Gasteiger partial charge in [0.15, 0.2) is 0 Å². The zero-order chi connectivity index (χ0) is 35.5. The van der Waals surface area contributed by atoms with Crippen LogP contribution in [0.15, 0.2) is 150 Å². The molecule has 0 bridgehead atoms. The summed E-state index contributed by atoms with van der Waals surface area (Å²) in [4.78, 5) is 13.7. The number of hydrogen-bond acceptors (Lipinski definition) is 1. The summed E-state index contributed by atoms with van der Waals surface area (Å²) in [5.41, 5.74) is 9.35. The molecule has 2 nitrogen and oxygen atoms in total. The Labute approximate surface area is 295 Å². The lowest BCUT2D eigenvalue weighted by molar-refractivity contribution is 1.16. The highest BCUT2D eigenvalue weighted by Gasteiger charge is 2.19. The second-order valence-electron chi connectivity index (χ2n) is 12.8. The quantitative estimate of drug-likeness (QED) is 0.134. The minimum absolute atomic E-state index is 0.0430. The molecule has 0 aliphatic rings. The molecular formula is C48H45NO. The van der Waals surface area contributed by atoms with Gasteiger partial charge in [-0.2, -0.15) is 0 Å². The topological polar surface area (TPSA) is 21.5 Å². The first-order valence-corrected chi connectivity index (χ1v) is 17.6. The number of fused-ring (bicyclic) bond motifs is 8. The summed E-state index contributed by atoms with van der Waals surface area (Å²) in [6.07, 6.45) is 8.94. The Morgan fingerprint density at radius 2 is 1.22 bits per heavy atom. The molecule has 0 fully saturated rings. The molecule has 0 unspecified atom stereocenters. The standard InChI is InChI=1S/C38H27NO.C8H12.C2H6/c1-22(2)18-32-23(3)26-10-4-5-11-27(26)29-17-16-24(19-33(29)32)25-20-34-28-12-6-7-14-31(28)38(40)39-36-15-9-8-13-30(36)35(21-25)37(34)39;1-4-6-7-8(3)5-2;1-2/h4-21H,1-3H3;4,6-7H,1,3,5H2,2H3;1-2H3/b;7-6-;. The van der Waals surface area contributed by atoms with Crippen molar-refractivity contribution in [2.75, 3.05) is 0 Å². The van der Waals surface area contributed by atoms with Crippen LogP contribution < -0.4 is 5.56 Å². The predicted octanol–water partition coefficient (Wildman–Crippen LogP) is 13.6. The Hall–Kier alpha value is -5.73. The van der Waals surface area contributed by atoms with Crippen LogP contribution in [0.1, 0.15) is 52.2 Å². The van der Waals surface area contributed by atoms with E-state index in [2.05, 4.69) is 126 Å². The van der Waals surface area contributed by atoms with Gasteiger partial charge in [0.25, 0.3) is 5.56 Å². The van der Waals surface area contributed by atoms with Crippen molar-refractivity contribution in [2.45, 2.75) is 48.0 Å². The van der Waals surface area contributed by atoms with E-state index >= 15 is 0 Å². The zero-order valence-electron chi connectivity index (χ0n) is 30.1. The van der Waals surface area contributed by atoms with Crippen LogP contribution in [-0.4, -0.2) is 4.40 Å². The van der Waals surface area contributed by atoms with E-state index < -0.39 is 0 Å².